The van der Waals surface area contributed by atoms with E-state index in [0.29, 0.717) is 25.1 Å². The van der Waals surface area contributed by atoms with E-state index in [-0.39, 0.29) is 5.03 Å². The largest absolute Gasteiger partial charge is 0.388 e. The van der Waals surface area contributed by atoms with Gasteiger partial charge in [0.05, 0.1) is 22.2 Å². The second-order valence-corrected chi connectivity index (χ2v) is 8.94. The third kappa shape index (κ3) is 4.17. The first-order valence-corrected chi connectivity index (χ1v) is 8.71. The highest BCUT2D eigenvalue weighted by atomic mass is 32.2. The van der Waals surface area contributed by atoms with Crippen molar-refractivity contribution in [2.45, 2.75) is 62.8 Å². The summed E-state index contributed by atoms with van der Waals surface area (Å²) in [7, 11) is -3.43. The van der Waals surface area contributed by atoms with Crippen LogP contribution in [0.25, 0.3) is 0 Å². The van der Waals surface area contributed by atoms with Gasteiger partial charge in [-0.15, -0.1) is 0 Å². The Morgan fingerprint density at radius 3 is 2.14 bits per heavy atom. The molecule has 0 amide bonds. The summed E-state index contributed by atoms with van der Waals surface area (Å²) in [6.07, 6.45) is 2.80. The molecule has 1 rings (SSSR count). The number of sulfone groups is 1. The van der Waals surface area contributed by atoms with Gasteiger partial charge in [0.15, 0.2) is 14.9 Å². The van der Waals surface area contributed by atoms with E-state index >= 15 is 0 Å². The van der Waals surface area contributed by atoms with Gasteiger partial charge in [-0.3, -0.25) is 0 Å². The number of hydrogen-bond acceptors (Lipinski definition) is 5. The highest BCUT2D eigenvalue weighted by Gasteiger charge is 2.32. The molecule has 0 spiro atoms. The summed E-state index contributed by atoms with van der Waals surface area (Å²) in [5.74, 6) is 0. The Labute approximate surface area is 127 Å². The van der Waals surface area contributed by atoms with Crippen LogP contribution in [0.1, 0.15) is 47.5 Å². The second kappa shape index (κ2) is 6.32. The van der Waals surface area contributed by atoms with Crippen LogP contribution >= 0.6 is 0 Å². The first-order valence-electron chi connectivity index (χ1n) is 7.22. The number of pyridine rings is 1. The first kappa shape index (κ1) is 17.9. The normalized spacial score (nSPS) is 13.2. The van der Waals surface area contributed by atoms with Crippen molar-refractivity contribution in [1.82, 2.24) is 4.98 Å². The highest BCUT2D eigenvalue weighted by molar-refractivity contribution is 7.92. The predicted molar refractivity (Wildman–Crippen MR) is 85.2 cm³/mol. The Morgan fingerprint density at radius 2 is 1.76 bits per heavy atom. The van der Waals surface area contributed by atoms with Gasteiger partial charge in [-0.2, -0.15) is 0 Å². The van der Waals surface area contributed by atoms with Crippen LogP contribution in [-0.2, 0) is 9.84 Å². The van der Waals surface area contributed by atoms with Crippen molar-refractivity contribution in [1.29, 1.82) is 0 Å². The van der Waals surface area contributed by atoms with Crippen molar-refractivity contribution in [2.75, 3.05) is 11.9 Å². The molecule has 0 atom stereocenters. The van der Waals surface area contributed by atoms with Gasteiger partial charge in [-0.25, -0.2) is 13.4 Å². The minimum absolute atomic E-state index is 0.0711. The smallest absolute Gasteiger partial charge is 0.200 e. The van der Waals surface area contributed by atoms with E-state index in [1.165, 1.54) is 12.3 Å². The van der Waals surface area contributed by atoms with Gasteiger partial charge in [0.2, 0.25) is 0 Å². The van der Waals surface area contributed by atoms with Crippen LogP contribution in [0, 0.1) is 0 Å². The summed E-state index contributed by atoms with van der Waals surface area (Å²) in [4.78, 5) is 4.04. The topological polar surface area (TPSA) is 79.3 Å². The Balaban J connectivity index is 2.85. The second-order valence-electron chi connectivity index (χ2n) is 6.29. The molecule has 1 heterocycles. The summed E-state index contributed by atoms with van der Waals surface area (Å²) in [6.45, 7) is 9.23. The van der Waals surface area contributed by atoms with Crippen molar-refractivity contribution < 1.29 is 13.5 Å². The number of rotatable bonds is 6. The van der Waals surface area contributed by atoms with Crippen LogP contribution in [0.5, 0.6) is 0 Å². The van der Waals surface area contributed by atoms with E-state index < -0.39 is 20.2 Å². The third-order valence-corrected chi connectivity index (χ3v) is 6.16. The SMILES string of the molecule is CCC(O)(CC)CNc1ccc(S(=O)(=O)C(C)(C)C)nc1. The molecule has 0 saturated heterocycles. The molecular weight excluding hydrogens is 288 g/mol. The zero-order chi connectivity index (χ0) is 16.3. The summed E-state index contributed by atoms with van der Waals surface area (Å²) in [6, 6.07) is 3.18. The lowest BCUT2D eigenvalue weighted by Crippen LogP contribution is -2.35. The van der Waals surface area contributed by atoms with Crippen LogP contribution in [0.3, 0.4) is 0 Å². The van der Waals surface area contributed by atoms with Crippen LogP contribution < -0.4 is 5.32 Å². The summed E-state index contributed by atoms with van der Waals surface area (Å²) in [5, 5.41) is 13.4. The number of nitrogens with one attached hydrogen (secondary N) is 1. The molecule has 0 aliphatic heterocycles. The molecule has 0 unspecified atom stereocenters. The standard InChI is InChI=1S/C15H26N2O3S/c1-6-15(18,7-2)11-17-12-8-9-13(16-10-12)21(19,20)14(3,4)5/h8-10,17-18H,6-7,11H2,1-5H3. The van der Waals surface area contributed by atoms with Gasteiger partial charge in [-0.1, -0.05) is 13.8 Å². The van der Waals surface area contributed by atoms with Crippen molar-refractivity contribution in [2.24, 2.45) is 0 Å². The fraction of sp³-hybridized carbons (Fsp3) is 0.667. The lowest BCUT2D eigenvalue weighted by molar-refractivity contribution is 0.0457. The lowest BCUT2D eigenvalue weighted by Gasteiger charge is -2.26. The maximum atomic E-state index is 12.3. The number of hydrogen-bond donors (Lipinski definition) is 2. The monoisotopic (exact) mass is 314 g/mol. The Morgan fingerprint density at radius 1 is 1.19 bits per heavy atom. The van der Waals surface area contributed by atoms with E-state index in [0.717, 1.165) is 0 Å². The van der Waals surface area contributed by atoms with Crippen LogP contribution in [0.2, 0.25) is 0 Å². The quantitative estimate of drug-likeness (QED) is 0.844. The van der Waals surface area contributed by atoms with Crippen molar-refractivity contribution in [3.63, 3.8) is 0 Å². The summed E-state index contributed by atoms with van der Waals surface area (Å²) >= 11 is 0. The summed E-state index contributed by atoms with van der Waals surface area (Å²) < 4.78 is 23.6. The fourth-order valence-electron chi connectivity index (χ4n) is 1.72. The van der Waals surface area contributed by atoms with Crippen molar-refractivity contribution >= 4 is 15.5 Å². The maximum Gasteiger partial charge on any atom is 0.200 e. The van der Waals surface area contributed by atoms with E-state index in [1.54, 1.807) is 26.8 Å². The Hall–Kier alpha value is -1.14. The number of aromatic nitrogens is 1. The van der Waals surface area contributed by atoms with Crippen LogP contribution in [0.4, 0.5) is 5.69 Å². The molecule has 120 valence electrons. The average Bonchev–Trinajstić information content (AvgIpc) is 2.44. The minimum Gasteiger partial charge on any atom is -0.388 e. The predicted octanol–water partition coefficient (Wildman–Crippen LogP) is 2.62. The highest BCUT2D eigenvalue weighted by Crippen LogP contribution is 2.24. The average molecular weight is 314 g/mol. The molecule has 0 aliphatic carbocycles. The molecule has 0 saturated carbocycles. The molecule has 21 heavy (non-hydrogen) atoms. The number of nitrogens with zero attached hydrogens (tertiary/aromatic N) is 1. The maximum absolute atomic E-state index is 12.3. The molecule has 0 aliphatic rings. The minimum atomic E-state index is -3.43. The van der Waals surface area contributed by atoms with Gasteiger partial charge in [0.1, 0.15) is 0 Å². The zero-order valence-corrected chi connectivity index (χ0v) is 14.3. The Bertz CT molecular complexity index is 556. The van der Waals surface area contributed by atoms with Crippen molar-refractivity contribution in [3.05, 3.63) is 18.3 Å². The number of anilines is 1. The van der Waals surface area contributed by atoms with E-state index in [1.807, 2.05) is 13.8 Å². The Kier molecular flexibility index (Phi) is 5.39. The summed E-state index contributed by atoms with van der Waals surface area (Å²) in [5.41, 5.74) is -0.0564. The molecule has 1 aromatic rings. The van der Waals surface area contributed by atoms with E-state index in [4.69, 9.17) is 0 Å². The zero-order valence-electron chi connectivity index (χ0n) is 13.5. The molecule has 5 nitrogen and oxygen atoms in total. The molecule has 0 aromatic carbocycles. The molecular formula is C15H26N2O3S. The molecule has 1 aromatic heterocycles. The van der Waals surface area contributed by atoms with Crippen LogP contribution in [0.15, 0.2) is 23.4 Å². The fourth-order valence-corrected chi connectivity index (χ4v) is 2.79. The van der Waals surface area contributed by atoms with E-state index in [9.17, 15) is 13.5 Å². The molecule has 2 N–H and O–H groups in total. The number of aliphatic hydroxyl groups is 1. The van der Waals surface area contributed by atoms with Gasteiger partial charge >= 0.3 is 0 Å². The van der Waals surface area contributed by atoms with Gasteiger partial charge in [-0.05, 0) is 45.7 Å². The molecule has 0 bridgehead atoms. The molecule has 0 fully saturated rings. The van der Waals surface area contributed by atoms with Gasteiger partial charge in [0.25, 0.3) is 0 Å². The third-order valence-electron chi connectivity index (χ3n) is 3.76. The van der Waals surface area contributed by atoms with Gasteiger partial charge < -0.3 is 10.4 Å². The van der Waals surface area contributed by atoms with Crippen molar-refractivity contribution in [3.8, 4) is 0 Å². The lowest BCUT2D eigenvalue weighted by atomic mass is 9.97. The van der Waals surface area contributed by atoms with E-state index in [2.05, 4.69) is 10.3 Å². The first-order chi connectivity index (χ1) is 9.55. The van der Waals surface area contributed by atoms with Crippen LogP contribution in [-0.4, -0.2) is 35.4 Å². The molecule has 6 heteroatoms. The van der Waals surface area contributed by atoms with Gasteiger partial charge in [0, 0.05) is 6.54 Å². The molecule has 0 radical (unpaired) electrons.